The Bertz CT molecular complexity index is 1310. The molecule has 0 aliphatic carbocycles. The number of amides is 2. The Balaban J connectivity index is 1.38. The van der Waals surface area contributed by atoms with E-state index in [1.807, 2.05) is 0 Å². The van der Waals surface area contributed by atoms with Gasteiger partial charge in [0.05, 0.1) is 23.6 Å². The SMILES string of the molecule is CCOC(=O)N1CCc2c(sc3c2C(=O)N[C@@H](c2ccc(-c4ccc([N+](=O)[O-])cc4C)o2)N3)C1. The van der Waals surface area contributed by atoms with Crippen molar-refractivity contribution in [2.24, 2.45) is 0 Å². The number of rotatable bonds is 4. The first-order valence-corrected chi connectivity index (χ1v) is 11.7. The summed E-state index contributed by atoms with van der Waals surface area (Å²) >= 11 is 1.46. The molecule has 2 aliphatic heterocycles. The Labute approximate surface area is 198 Å². The summed E-state index contributed by atoms with van der Waals surface area (Å²) in [5.41, 5.74) is 3.06. The number of hydrogen-bond donors (Lipinski definition) is 2. The standard InChI is InChI=1S/C23H22N4O6S/c1-3-32-23(29)26-9-8-15-18(11-26)34-22-19(15)21(28)24-20(25-22)17-7-6-16(33-17)14-5-4-13(27(30)31)10-12(14)2/h4-7,10,20,25H,3,8-9,11H2,1-2H3,(H,24,28)/t20-/m1/s1. The summed E-state index contributed by atoms with van der Waals surface area (Å²) in [4.78, 5) is 38.3. The molecular weight excluding hydrogens is 460 g/mol. The van der Waals surface area contributed by atoms with E-state index in [0.717, 1.165) is 26.6 Å². The van der Waals surface area contributed by atoms with Crippen LogP contribution in [-0.4, -0.2) is 35.0 Å². The molecule has 1 aromatic carbocycles. The van der Waals surface area contributed by atoms with E-state index >= 15 is 0 Å². The summed E-state index contributed by atoms with van der Waals surface area (Å²) in [6, 6.07) is 8.15. The molecule has 2 amide bonds. The fourth-order valence-corrected chi connectivity index (χ4v) is 5.61. The Morgan fingerprint density at radius 3 is 2.88 bits per heavy atom. The minimum atomic E-state index is -0.562. The second-order valence-corrected chi connectivity index (χ2v) is 9.19. The van der Waals surface area contributed by atoms with Gasteiger partial charge in [-0.3, -0.25) is 14.9 Å². The number of fused-ring (bicyclic) bond motifs is 3. The number of nitrogens with one attached hydrogen (secondary N) is 2. The molecule has 4 heterocycles. The number of thiophene rings is 1. The summed E-state index contributed by atoms with van der Waals surface area (Å²) in [6.07, 6.45) is -0.322. The van der Waals surface area contributed by atoms with Crippen molar-refractivity contribution in [1.82, 2.24) is 10.2 Å². The first-order valence-electron chi connectivity index (χ1n) is 10.8. The largest absolute Gasteiger partial charge is 0.457 e. The lowest BCUT2D eigenvalue weighted by molar-refractivity contribution is -0.384. The van der Waals surface area contributed by atoms with Crippen molar-refractivity contribution in [2.45, 2.75) is 33.0 Å². The third-order valence-corrected chi connectivity index (χ3v) is 7.11. The summed E-state index contributed by atoms with van der Waals surface area (Å²) in [7, 11) is 0. The number of anilines is 1. The molecule has 1 atom stereocenters. The van der Waals surface area contributed by atoms with Crippen LogP contribution >= 0.6 is 11.3 Å². The number of carbonyl (C=O) groups excluding carboxylic acids is 2. The maximum absolute atomic E-state index is 13.0. The van der Waals surface area contributed by atoms with Crippen LogP contribution in [-0.2, 0) is 17.7 Å². The van der Waals surface area contributed by atoms with Gasteiger partial charge >= 0.3 is 6.09 Å². The van der Waals surface area contributed by atoms with Crippen LogP contribution in [0, 0.1) is 17.0 Å². The first-order chi connectivity index (χ1) is 16.4. The maximum atomic E-state index is 13.0. The van der Waals surface area contributed by atoms with Gasteiger partial charge in [0.1, 0.15) is 16.5 Å². The quantitative estimate of drug-likeness (QED) is 0.411. The van der Waals surface area contributed by atoms with Crippen molar-refractivity contribution >= 4 is 34.0 Å². The van der Waals surface area contributed by atoms with E-state index in [4.69, 9.17) is 9.15 Å². The fourth-order valence-electron chi connectivity index (χ4n) is 4.32. The molecule has 0 bridgehead atoms. The summed E-state index contributed by atoms with van der Waals surface area (Å²) in [5, 5.41) is 18.0. The van der Waals surface area contributed by atoms with Gasteiger partial charge in [-0.15, -0.1) is 11.3 Å². The van der Waals surface area contributed by atoms with Gasteiger partial charge in [0.2, 0.25) is 0 Å². The average molecular weight is 483 g/mol. The van der Waals surface area contributed by atoms with Crippen molar-refractivity contribution in [1.29, 1.82) is 0 Å². The maximum Gasteiger partial charge on any atom is 0.410 e. The highest BCUT2D eigenvalue weighted by Crippen LogP contribution is 2.41. The summed E-state index contributed by atoms with van der Waals surface area (Å²) in [6.45, 7) is 4.79. The number of nitro groups is 1. The minimum absolute atomic E-state index is 0.0185. The normalized spacial score (nSPS) is 16.8. The van der Waals surface area contributed by atoms with Crippen LogP contribution in [0.2, 0.25) is 0 Å². The highest BCUT2D eigenvalue weighted by molar-refractivity contribution is 7.16. The van der Waals surface area contributed by atoms with E-state index in [9.17, 15) is 19.7 Å². The molecule has 2 aromatic heterocycles. The molecule has 3 aromatic rings. The third kappa shape index (κ3) is 3.77. The molecule has 0 spiro atoms. The molecule has 2 aliphatic rings. The fraction of sp³-hybridized carbons (Fsp3) is 0.304. The predicted molar refractivity (Wildman–Crippen MR) is 125 cm³/mol. The van der Waals surface area contributed by atoms with E-state index in [1.165, 1.54) is 23.5 Å². The molecule has 10 nitrogen and oxygen atoms in total. The van der Waals surface area contributed by atoms with Gasteiger partial charge in [-0.1, -0.05) is 0 Å². The van der Waals surface area contributed by atoms with E-state index in [-0.39, 0.29) is 17.7 Å². The van der Waals surface area contributed by atoms with Gasteiger partial charge in [-0.05, 0) is 49.6 Å². The second-order valence-electron chi connectivity index (χ2n) is 8.09. The molecule has 0 radical (unpaired) electrons. The van der Waals surface area contributed by atoms with Gasteiger partial charge in [0.25, 0.3) is 11.6 Å². The predicted octanol–water partition coefficient (Wildman–Crippen LogP) is 4.59. The van der Waals surface area contributed by atoms with Crippen molar-refractivity contribution in [3.8, 4) is 11.3 Å². The smallest absolute Gasteiger partial charge is 0.410 e. The van der Waals surface area contributed by atoms with Gasteiger partial charge < -0.3 is 24.7 Å². The second kappa shape index (κ2) is 8.49. The number of furan rings is 1. The Morgan fingerprint density at radius 1 is 1.32 bits per heavy atom. The van der Waals surface area contributed by atoms with Crippen LogP contribution in [0.25, 0.3) is 11.3 Å². The number of nitrogens with zero attached hydrogens (tertiary/aromatic N) is 2. The van der Waals surface area contributed by atoms with Crippen LogP contribution in [0.15, 0.2) is 34.7 Å². The van der Waals surface area contributed by atoms with Gasteiger partial charge in [-0.2, -0.15) is 0 Å². The zero-order chi connectivity index (χ0) is 24.0. The topological polar surface area (TPSA) is 127 Å². The molecular formula is C23H22N4O6S. The molecule has 0 saturated heterocycles. The van der Waals surface area contributed by atoms with Crippen molar-refractivity contribution in [3.63, 3.8) is 0 Å². The lowest BCUT2D eigenvalue weighted by Gasteiger charge is -2.27. The number of aryl methyl sites for hydroxylation is 1. The highest BCUT2D eigenvalue weighted by Gasteiger charge is 2.35. The Kier molecular flexibility index (Phi) is 5.48. The Morgan fingerprint density at radius 2 is 2.15 bits per heavy atom. The first kappa shape index (κ1) is 22.0. The van der Waals surface area contributed by atoms with Crippen molar-refractivity contribution in [3.05, 3.63) is 67.8 Å². The van der Waals surface area contributed by atoms with E-state index < -0.39 is 11.1 Å². The van der Waals surface area contributed by atoms with Gasteiger partial charge in [-0.25, -0.2) is 4.79 Å². The monoisotopic (exact) mass is 482 g/mol. The van der Waals surface area contributed by atoms with Crippen LogP contribution in [0.5, 0.6) is 0 Å². The molecule has 5 rings (SSSR count). The zero-order valence-electron chi connectivity index (χ0n) is 18.5. The van der Waals surface area contributed by atoms with Gasteiger partial charge in [0.15, 0.2) is 6.17 Å². The van der Waals surface area contributed by atoms with Crippen LogP contribution < -0.4 is 10.6 Å². The minimum Gasteiger partial charge on any atom is -0.457 e. The molecule has 176 valence electrons. The van der Waals surface area contributed by atoms with E-state index in [1.54, 1.807) is 36.9 Å². The van der Waals surface area contributed by atoms with E-state index in [2.05, 4.69) is 10.6 Å². The lowest BCUT2D eigenvalue weighted by atomic mass is 10.0. The third-order valence-electron chi connectivity index (χ3n) is 5.96. The molecule has 11 heteroatoms. The highest BCUT2D eigenvalue weighted by atomic mass is 32.1. The number of benzene rings is 1. The number of hydrogen-bond acceptors (Lipinski definition) is 8. The lowest BCUT2D eigenvalue weighted by Crippen LogP contribution is -2.39. The van der Waals surface area contributed by atoms with Crippen molar-refractivity contribution in [2.75, 3.05) is 18.5 Å². The number of nitro benzene ring substituents is 1. The zero-order valence-corrected chi connectivity index (χ0v) is 19.4. The number of carbonyl (C=O) groups is 2. The summed E-state index contributed by atoms with van der Waals surface area (Å²) < 4.78 is 11.1. The van der Waals surface area contributed by atoms with E-state index in [0.29, 0.717) is 43.2 Å². The average Bonchev–Trinajstić information content (AvgIpc) is 3.43. The number of ether oxygens (including phenoxy) is 1. The summed E-state index contributed by atoms with van der Waals surface area (Å²) in [5.74, 6) is 0.886. The molecule has 2 N–H and O–H groups in total. The Hall–Kier alpha value is -3.86. The molecule has 0 saturated carbocycles. The van der Waals surface area contributed by atoms with Crippen LogP contribution in [0.3, 0.4) is 0 Å². The van der Waals surface area contributed by atoms with Crippen molar-refractivity contribution < 1.29 is 23.7 Å². The number of non-ortho nitro benzene ring substituents is 1. The van der Waals surface area contributed by atoms with Crippen LogP contribution in [0.1, 0.15) is 45.2 Å². The molecule has 0 fully saturated rings. The molecule has 0 unspecified atom stereocenters. The molecule has 34 heavy (non-hydrogen) atoms. The van der Waals surface area contributed by atoms with Crippen LogP contribution in [0.4, 0.5) is 15.5 Å². The van der Waals surface area contributed by atoms with Gasteiger partial charge in [0, 0.05) is 29.1 Å².